The van der Waals surface area contributed by atoms with Gasteiger partial charge in [0.25, 0.3) is 0 Å². The van der Waals surface area contributed by atoms with Crippen molar-refractivity contribution in [1.29, 1.82) is 0 Å². The highest BCUT2D eigenvalue weighted by atomic mass is 16.5. The molecule has 10 nitrogen and oxygen atoms in total. The molecule has 2 atom stereocenters. The van der Waals surface area contributed by atoms with Crippen LogP contribution < -0.4 is 20.1 Å². The summed E-state index contributed by atoms with van der Waals surface area (Å²) in [6.07, 6.45) is 6.97. The van der Waals surface area contributed by atoms with Crippen molar-refractivity contribution in [2.75, 3.05) is 53.5 Å². The van der Waals surface area contributed by atoms with Crippen molar-refractivity contribution < 1.29 is 29.3 Å². The van der Waals surface area contributed by atoms with Gasteiger partial charge in [-0.2, -0.15) is 0 Å². The molecule has 4 N–H and O–H groups in total. The van der Waals surface area contributed by atoms with E-state index in [1.54, 1.807) is 0 Å². The van der Waals surface area contributed by atoms with Crippen molar-refractivity contribution in [2.45, 2.75) is 76.3 Å². The van der Waals surface area contributed by atoms with Crippen LogP contribution in [-0.2, 0) is 35.3 Å². The first-order chi connectivity index (χ1) is 27.3. The molecule has 294 valence electrons. The Kier molecular flexibility index (Phi) is 11.2. The van der Waals surface area contributed by atoms with E-state index >= 15 is 0 Å². The van der Waals surface area contributed by atoms with Crippen LogP contribution in [0.15, 0.2) is 60.7 Å². The highest BCUT2D eigenvalue weighted by Gasteiger charge is 2.36. The molecule has 2 amide bonds. The lowest BCUT2D eigenvalue weighted by molar-refractivity contribution is -0.123. The molecule has 0 radical (unpaired) electrons. The topological polar surface area (TPSA) is 124 Å². The first-order valence-corrected chi connectivity index (χ1v) is 20.4. The van der Waals surface area contributed by atoms with Gasteiger partial charge in [-0.05, 0) is 122 Å². The molecule has 4 aromatic carbocycles. The van der Waals surface area contributed by atoms with Crippen LogP contribution in [0.4, 0.5) is 0 Å². The van der Waals surface area contributed by atoms with Gasteiger partial charge in [0.15, 0.2) is 23.0 Å². The van der Waals surface area contributed by atoms with Crippen molar-refractivity contribution >= 4 is 11.8 Å². The number of carbonyl (C=O) groups excluding carboxylic acids is 2. The Morgan fingerprint density at radius 1 is 0.625 bits per heavy atom. The zero-order chi connectivity index (χ0) is 38.8. The lowest BCUT2D eigenvalue weighted by Gasteiger charge is -2.40. The summed E-state index contributed by atoms with van der Waals surface area (Å²) in [7, 11) is 4.35. The lowest BCUT2D eigenvalue weighted by atomic mass is 9.77. The quantitative estimate of drug-likeness (QED) is 0.0997. The normalized spacial score (nSPS) is 17.9. The first kappa shape index (κ1) is 37.8. The van der Waals surface area contributed by atoms with E-state index in [1.807, 2.05) is 12.1 Å². The van der Waals surface area contributed by atoms with Gasteiger partial charge in [0.2, 0.25) is 11.8 Å². The molecule has 0 fully saturated rings. The van der Waals surface area contributed by atoms with Crippen molar-refractivity contribution in [3.05, 3.63) is 94.0 Å². The number of phenols is 2. The molecule has 4 aliphatic rings. The minimum absolute atomic E-state index is 0.0442. The number of unbranched alkanes of at least 4 members (excludes halogenated alkanes) is 1. The van der Waals surface area contributed by atoms with Crippen LogP contribution in [0.5, 0.6) is 23.0 Å². The van der Waals surface area contributed by atoms with Crippen LogP contribution in [-0.4, -0.2) is 85.3 Å². The van der Waals surface area contributed by atoms with E-state index in [1.165, 1.54) is 22.3 Å². The van der Waals surface area contributed by atoms with E-state index in [4.69, 9.17) is 9.47 Å². The number of phenolic OH excluding ortho intramolecular Hbond substituents is 2. The minimum Gasteiger partial charge on any atom is -0.504 e. The van der Waals surface area contributed by atoms with Gasteiger partial charge in [0.1, 0.15) is 0 Å². The third-order valence-electron chi connectivity index (χ3n) is 12.3. The number of nitrogens with one attached hydrogen (secondary N) is 2. The second-order valence-corrected chi connectivity index (χ2v) is 15.9. The van der Waals surface area contributed by atoms with E-state index in [0.29, 0.717) is 88.4 Å². The fourth-order valence-electron chi connectivity index (χ4n) is 9.28. The molecule has 0 saturated heterocycles. The fraction of sp³-hybridized carbons (Fsp3) is 0.435. The molecule has 0 spiro atoms. The van der Waals surface area contributed by atoms with Gasteiger partial charge < -0.3 is 30.3 Å². The van der Waals surface area contributed by atoms with Crippen LogP contribution in [0.25, 0.3) is 22.3 Å². The zero-order valence-electron chi connectivity index (χ0n) is 32.7. The average Bonchev–Trinajstić information content (AvgIpc) is 3.20. The molecule has 0 bridgehead atoms. The number of hydrogen-bond acceptors (Lipinski definition) is 8. The second kappa shape index (κ2) is 16.6. The third-order valence-corrected chi connectivity index (χ3v) is 12.3. The molecule has 0 unspecified atom stereocenters. The number of carbonyl (C=O) groups is 2. The van der Waals surface area contributed by atoms with E-state index in [0.717, 1.165) is 72.2 Å². The maximum Gasteiger partial charge on any atom is 0.219 e. The summed E-state index contributed by atoms with van der Waals surface area (Å²) in [4.78, 5) is 29.6. The number of nitrogens with zero attached hydrogens (tertiary/aromatic N) is 2. The number of fused-ring (bicyclic) bond motifs is 4. The summed E-state index contributed by atoms with van der Waals surface area (Å²) in [6.45, 7) is 3.77. The third kappa shape index (κ3) is 7.56. The van der Waals surface area contributed by atoms with Crippen molar-refractivity contribution in [2.24, 2.45) is 0 Å². The van der Waals surface area contributed by atoms with Crippen LogP contribution in [0.3, 0.4) is 0 Å². The molecule has 0 aromatic heterocycles. The number of ether oxygens (including phenoxy) is 2. The summed E-state index contributed by atoms with van der Waals surface area (Å²) in [5.74, 6) is 1.23. The van der Waals surface area contributed by atoms with Gasteiger partial charge in [0, 0.05) is 62.2 Å². The Balaban J connectivity index is 0.702. The van der Waals surface area contributed by atoms with Gasteiger partial charge in [-0.15, -0.1) is 0 Å². The molecule has 2 aliphatic carbocycles. The molecule has 56 heavy (non-hydrogen) atoms. The van der Waals surface area contributed by atoms with Crippen molar-refractivity contribution in [1.82, 2.24) is 20.4 Å². The molecule has 10 heteroatoms. The summed E-state index contributed by atoms with van der Waals surface area (Å²) >= 11 is 0. The molecular weight excluding hydrogens is 705 g/mol. The SMILES string of the molecule is CN1CCc2cccc3c2[C@H]1Cc1ccc(OCCCNC(=O)CCCCC(=O)NCCCOc2ccc4c(c2O)-c2cccc5c2[C@@H](C4)N(C)CC5)c(O)c1-3. The van der Waals surface area contributed by atoms with E-state index in [9.17, 15) is 19.8 Å². The summed E-state index contributed by atoms with van der Waals surface area (Å²) in [5.41, 5.74) is 11.6. The number of amides is 2. The lowest BCUT2D eigenvalue weighted by Crippen LogP contribution is -2.35. The molecular formula is C46H54N4O6. The van der Waals surface area contributed by atoms with Crippen molar-refractivity contribution in [3.8, 4) is 45.3 Å². The largest absolute Gasteiger partial charge is 0.504 e. The second-order valence-electron chi connectivity index (χ2n) is 15.9. The standard InChI is InChI=1S/C46H54N4O6/c1-49-23-19-29-9-5-11-33-41(29)35(49)27-31-15-17-37(45(53)43(31)33)55-25-7-21-47-39(51)13-3-4-14-40(52)48-22-8-26-56-38-18-16-32-28-36-42-30(20-24-50(36)2)10-6-12-34(42)44(32)46(38)54/h5-6,9-12,15-18,35-36,53-54H,3-4,7-8,13-14,19-28H2,1-2H3,(H,47,51)(H,48,52)/t35-,36-/m1/s1. The Hall–Kier alpha value is -5.06. The van der Waals surface area contributed by atoms with Crippen LogP contribution in [0.2, 0.25) is 0 Å². The van der Waals surface area contributed by atoms with Crippen LogP contribution in [0, 0.1) is 0 Å². The minimum atomic E-state index is -0.0442. The first-order valence-electron chi connectivity index (χ1n) is 20.4. The molecule has 2 heterocycles. The van der Waals surface area contributed by atoms with Gasteiger partial charge in [-0.3, -0.25) is 19.4 Å². The average molecular weight is 759 g/mol. The Morgan fingerprint density at radius 2 is 1.07 bits per heavy atom. The maximum absolute atomic E-state index is 12.4. The van der Waals surface area contributed by atoms with Crippen LogP contribution in [0.1, 0.15) is 84.0 Å². The highest BCUT2D eigenvalue weighted by Crippen LogP contribution is 2.51. The van der Waals surface area contributed by atoms with Crippen molar-refractivity contribution in [3.63, 3.8) is 0 Å². The summed E-state index contributed by atoms with van der Waals surface area (Å²) in [5, 5.41) is 28.4. The molecule has 0 saturated carbocycles. The fourth-order valence-corrected chi connectivity index (χ4v) is 9.28. The molecule has 2 aliphatic heterocycles. The van der Waals surface area contributed by atoms with E-state index in [-0.39, 0.29) is 23.3 Å². The Morgan fingerprint density at radius 3 is 1.52 bits per heavy atom. The Labute approximate surface area is 329 Å². The molecule has 4 aromatic rings. The van der Waals surface area contributed by atoms with Crippen LogP contribution >= 0.6 is 0 Å². The smallest absolute Gasteiger partial charge is 0.219 e. The molecule has 8 rings (SSSR count). The predicted octanol–water partition coefficient (Wildman–Crippen LogP) is 6.63. The van der Waals surface area contributed by atoms with Gasteiger partial charge >= 0.3 is 0 Å². The predicted molar refractivity (Wildman–Crippen MR) is 217 cm³/mol. The van der Waals surface area contributed by atoms with Gasteiger partial charge in [0.05, 0.1) is 13.2 Å². The summed E-state index contributed by atoms with van der Waals surface area (Å²) < 4.78 is 12.0. The number of rotatable bonds is 15. The van der Waals surface area contributed by atoms with Gasteiger partial charge in [-0.1, -0.05) is 48.5 Å². The van der Waals surface area contributed by atoms with Gasteiger partial charge in [-0.25, -0.2) is 0 Å². The zero-order valence-corrected chi connectivity index (χ0v) is 32.7. The number of benzene rings is 4. The van der Waals surface area contributed by atoms with E-state index in [2.05, 4.69) is 83.1 Å². The number of likely N-dealkylation sites (N-methyl/N-ethyl adjacent to an activating group) is 2. The number of aromatic hydroxyl groups is 2. The van der Waals surface area contributed by atoms with E-state index < -0.39 is 0 Å². The Bertz CT molecular complexity index is 1970. The highest BCUT2D eigenvalue weighted by molar-refractivity contribution is 5.83. The maximum atomic E-state index is 12.4. The number of hydrogen-bond donors (Lipinski definition) is 4. The monoisotopic (exact) mass is 758 g/mol. The summed E-state index contributed by atoms with van der Waals surface area (Å²) in [6, 6.07) is 21.3.